The molecule has 0 aliphatic carbocycles. The minimum absolute atomic E-state index is 0.384. The summed E-state index contributed by atoms with van der Waals surface area (Å²) in [7, 11) is 1.74. The lowest BCUT2D eigenvalue weighted by Crippen LogP contribution is -2.29. The Morgan fingerprint density at radius 2 is 2.36 bits per heavy atom. The number of nitrogens with one attached hydrogen (secondary N) is 1. The lowest BCUT2D eigenvalue weighted by Gasteiger charge is -2.18. The van der Waals surface area contributed by atoms with E-state index in [2.05, 4.69) is 24.1 Å². The van der Waals surface area contributed by atoms with E-state index in [1.54, 1.807) is 18.4 Å². The molecule has 1 N–H and O–H groups in total. The lowest BCUT2D eigenvalue weighted by molar-refractivity contribution is 0.183. The van der Waals surface area contributed by atoms with E-state index in [0.717, 1.165) is 13.0 Å². The molecular weight excluding hydrogens is 196 g/mol. The van der Waals surface area contributed by atoms with Crippen LogP contribution in [-0.4, -0.2) is 24.7 Å². The van der Waals surface area contributed by atoms with Crippen LogP contribution in [0.3, 0.4) is 0 Å². The summed E-state index contributed by atoms with van der Waals surface area (Å²) in [5.74, 6) is 0. The zero-order valence-electron chi connectivity index (χ0n) is 8.99. The largest absolute Gasteiger partial charge is 0.385 e. The molecule has 1 aromatic heterocycles. The zero-order chi connectivity index (χ0) is 10.4. The molecule has 0 aliphatic rings. The van der Waals surface area contributed by atoms with E-state index in [0.29, 0.717) is 12.1 Å². The maximum absolute atomic E-state index is 5.04. The number of nitrogens with zero attached hydrogens (tertiary/aromatic N) is 1. The van der Waals surface area contributed by atoms with Gasteiger partial charge >= 0.3 is 0 Å². The number of ether oxygens (including phenoxy) is 1. The highest BCUT2D eigenvalue weighted by molar-refractivity contribution is 7.09. The van der Waals surface area contributed by atoms with Crippen LogP contribution >= 0.6 is 11.3 Å². The van der Waals surface area contributed by atoms with Crippen molar-refractivity contribution in [2.24, 2.45) is 0 Å². The summed E-state index contributed by atoms with van der Waals surface area (Å²) in [5.41, 5.74) is 1.87. The molecule has 0 radical (unpaired) electrons. The second kappa shape index (κ2) is 6.11. The van der Waals surface area contributed by atoms with Crippen molar-refractivity contribution in [3.05, 3.63) is 16.6 Å². The smallest absolute Gasteiger partial charge is 0.0794 e. The first-order valence-electron chi connectivity index (χ1n) is 4.87. The summed E-state index contributed by atoms with van der Waals surface area (Å²) in [6, 6.07) is 0.862. The molecule has 3 nitrogen and oxygen atoms in total. The fourth-order valence-electron chi connectivity index (χ4n) is 1.33. The van der Waals surface area contributed by atoms with E-state index in [4.69, 9.17) is 4.74 Å². The molecule has 0 saturated carbocycles. The molecule has 2 unspecified atom stereocenters. The van der Waals surface area contributed by atoms with Crippen molar-refractivity contribution in [3.8, 4) is 0 Å². The van der Waals surface area contributed by atoms with Crippen LogP contribution < -0.4 is 5.32 Å². The van der Waals surface area contributed by atoms with Gasteiger partial charge in [-0.15, -0.1) is 11.3 Å². The fraction of sp³-hybridized carbons (Fsp3) is 0.700. The van der Waals surface area contributed by atoms with Crippen molar-refractivity contribution < 1.29 is 4.74 Å². The summed E-state index contributed by atoms with van der Waals surface area (Å²) in [5, 5.41) is 3.51. The topological polar surface area (TPSA) is 34.1 Å². The van der Waals surface area contributed by atoms with E-state index in [1.165, 1.54) is 4.88 Å². The van der Waals surface area contributed by atoms with Crippen molar-refractivity contribution in [2.45, 2.75) is 32.4 Å². The molecule has 0 bridgehead atoms. The van der Waals surface area contributed by atoms with Gasteiger partial charge in [0.1, 0.15) is 0 Å². The predicted octanol–water partition coefficient (Wildman–Crippen LogP) is 2.22. The first-order chi connectivity index (χ1) is 6.74. The van der Waals surface area contributed by atoms with Crippen molar-refractivity contribution in [2.75, 3.05) is 13.7 Å². The van der Waals surface area contributed by atoms with Gasteiger partial charge in [0.2, 0.25) is 0 Å². The molecule has 0 aliphatic heterocycles. The number of hydrogen-bond acceptors (Lipinski definition) is 4. The molecule has 4 heteroatoms. The Labute approximate surface area is 89.5 Å². The number of aromatic nitrogens is 1. The molecule has 0 spiro atoms. The molecule has 1 rings (SSSR count). The second-order valence-electron chi connectivity index (χ2n) is 3.47. The Hall–Kier alpha value is -0.450. The van der Waals surface area contributed by atoms with Crippen LogP contribution in [0.25, 0.3) is 0 Å². The average Bonchev–Trinajstić information content (AvgIpc) is 2.67. The van der Waals surface area contributed by atoms with Gasteiger partial charge in [0.15, 0.2) is 0 Å². The second-order valence-corrected chi connectivity index (χ2v) is 4.39. The van der Waals surface area contributed by atoms with Crippen LogP contribution in [0, 0.1) is 0 Å². The van der Waals surface area contributed by atoms with Crippen molar-refractivity contribution in [1.29, 1.82) is 0 Å². The third kappa shape index (κ3) is 3.74. The minimum Gasteiger partial charge on any atom is -0.385 e. The molecule has 80 valence electrons. The van der Waals surface area contributed by atoms with Gasteiger partial charge in [-0.3, -0.25) is 4.98 Å². The number of hydrogen-bond donors (Lipinski definition) is 1. The van der Waals surface area contributed by atoms with Crippen LogP contribution in [0.4, 0.5) is 0 Å². The normalized spacial score (nSPS) is 15.4. The standard InChI is InChI=1S/C10H18N2OS/c1-8(4-5-13-3)12-9(2)10-6-11-7-14-10/h6-9,12H,4-5H2,1-3H3. The maximum Gasteiger partial charge on any atom is 0.0794 e. The van der Waals surface area contributed by atoms with E-state index in [9.17, 15) is 0 Å². The Kier molecular flexibility index (Phi) is 5.07. The number of methoxy groups -OCH3 is 1. The van der Waals surface area contributed by atoms with Crippen LogP contribution in [-0.2, 0) is 4.74 Å². The Balaban J connectivity index is 2.29. The Morgan fingerprint density at radius 1 is 1.57 bits per heavy atom. The molecule has 1 heterocycles. The summed E-state index contributed by atoms with van der Waals surface area (Å²) in [6.45, 7) is 5.15. The number of thiazole rings is 1. The van der Waals surface area contributed by atoms with E-state index in [1.807, 2.05) is 11.7 Å². The molecule has 2 atom stereocenters. The molecule has 0 fully saturated rings. The Morgan fingerprint density at radius 3 is 2.93 bits per heavy atom. The predicted molar refractivity (Wildman–Crippen MR) is 59.6 cm³/mol. The lowest BCUT2D eigenvalue weighted by atomic mass is 10.2. The fourth-order valence-corrected chi connectivity index (χ4v) is 1.96. The quantitative estimate of drug-likeness (QED) is 0.788. The maximum atomic E-state index is 5.04. The third-order valence-corrected chi connectivity index (χ3v) is 3.13. The van der Waals surface area contributed by atoms with E-state index >= 15 is 0 Å². The monoisotopic (exact) mass is 214 g/mol. The van der Waals surface area contributed by atoms with Gasteiger partial charge in [0, 0.05) is 36.9 Å². The SMILES string of the molecule is COCCC(C)NC(C)c1cncs1. The van der Waals surface area contributed by atoms with Crippen LogP contribution in [0.5, 0.6) is 0 Å². The van der Waals surface area contributed by atoms with Gasteiger partial charge in [0.25, 0.3) is 0 Å². The van der Waals surface area contributed by atoms with Gasteiger partial charge in [-0.05, 0) is 20.3 Å². The molecular formula is C10H18N2OS. The minimum atomic E-state index is 0.384. The van der Waals surface area contributed by atoms with Crippen molar-refractivity contribution in [3.63, 3.8) is 0 Å². The van der Waals surface area contributed by atoms with E-state index in [-0.39, 0.29) is 0 Å². The van der Waals surface area contributed by atoms with Gasteiger partial charge in [-0.25, -0.2) is 0 Å². The first-order valence-corrected chi connectivity index (χ1v) is 5.75. The molecule has 14 heavy (non-hydrogen) atoms. The first kappa shape index (κ1) is 11.6. The summed E-state index contributed by atoms with van der Waals surface area (Å²) in [6.07, 6.45) is 2.96. The third-order valence-electron chi connectivity index (χ3n) is 2.17. The molecule has 0 amide bonds. The van der Waals surface area contributed by atoms with Crippen LogP contribution in [0.15, 0.2) is 11.7 Å². The van der Waals surface area contributed by atoms with Crippen molar-refractivity contribution >= 4 is 11.3 Å². The molecule has 0 saturated heterocycles. The zero-order valence-corrected chi connectivity index (χ0v) is 9.80. The van der Waals surface area contributed by atoms with Crippen LogP contribution in [0.1, 0.15) is 31.2 Å². The van der Waals surface area contributed by atoms with E-state index < -0.39 is 0 Å². The van der Waals surface area contributed by atoms with Gasteiger partial charge < -0.3 is 10.1 Å². The average molecular weight is 214 g/mol. The summed E-state index contributed by atoms with van der Waals surface area (Å²) >= 11 is 1.69. The molecule has 1 aromatic rings. The summed E-state index contributed by atoms with van der Waals surface area (Å²) < 4.78 is 5.04. The van der Waals surface area contributed by atoms with Gasteiger partial charge in [0.05, 0.1) is 5.51 Å². The van der Waals surface area contributed by atoms with Gasteiger partial charge in [-0.1, -0.05) is 0 Å². The highest BCUT2D eigenvalue weighted by Gasteiger charge is 2.09. The van der Waals surface area contributed by atoms with Gasteiger partial charge in [-0.2, -0.15) is 0 Å². The van der Waals surface area contributed by atoms with Crippen LogP contribution in [0.2, 0.25) is 0 Å². The number of rotatable bonds is 6. The Bertz CT molecular complexity index is 238. The highest BCUT2D eigenvalue weighted by Crippen LogP contribution is 2.17. The van der Waals surface area contributed by atoms with Crippen molar-refractivity contribution in [1.82, 2.24) is 10.3 Å². The molecule has 0 aromatic carbocycles. The highest BCUT2D eigenvalue weighted by atomic mass is 32.1. The summed E-state index contributed by atoms with van der Waals surface area (Å²) in [4.78, 5) is 5.35.